The number of rotatable bonds is 8. The van der Waals surface area contributed by atoms with Gasteiger partial charge in [-0.15, -0.1) is 0 Å². The van der Waals surface area contributed by atoms with Gasteiger partial charge in [-0.25, -0.2) is 4.79 Å². The van der Waals surface area contributed by atoms with Gasteiger partial charge < -0.3 is 19.9 Å². The van der Waals surface area contributed by atoms with Gasteiger partial charge in [-0.1, -0.05) is 0 Å². The minimum absolute atomic E-state index is 0.123. The third-order valence-electron chi connectivity index (χ3n) is 2.97. The summed E-state index contributed by atoms with van der Waals surface area (Å²) < 4.78 is 9.91. The summed E-state index contributed by atoms with van der Waals surface area (Å²) >= 11 is 0. The Morgan fingerprint density at radius 2 is 2.04 bits per heavy atom. The summed E-state index contributed by atoms with van der Waals surface area (Å²) in [5.74, 6) is -0.645. The number of aromatic nitrogens is 2. The Morgan fingerprint density at radius 1 is 1.30 bits per heavy atom. The second-order valence-corrected chi connectivity index (χ2v) is 4.60. The lowest BCUT2D eigenvalue weighted by Gasteiger charge is -2.03. The molecule has 0 spiro atoms. The number of carboxylic acid groups (broad SMARTS) is 1. The third kappa shape index (κ3) is 4.82. The molecule has 2 rings (SSSR count). The lowest BCUT2D eigenvalue weighted by atomic mass is 10.1. The molecule has 0 aliphatic heterocycles. The van der Waals surface area contributed by atoms with Crippen LogP contribution in [0, 0.1) is 0 Å². The van der Waals surface area contributed by atoms with Gasteiger partial charge >= 0.3 is 5.97 Å². The van der Waals surface area contributed by atoms with E-state index in [1.807, 2.05) is 24.3 Å². The van der Waals surface area contributed by atoms with Crippen LogP contribution in [-0.4, -0.2) is 54.0 Å². The van der Waals surface area contributed by atoms with Gasteiger partial charge in [0.1, 0.15) is 18.1 Å². The number of hydrogen-bond donors (Lipinski definition) is 3. The van der Waals surface area contributed by atoms with Crippen LogP contribution in [0.25, 0.3) is 11.3 Å². The van der Waals surface area contributed by atoms with E-state index in [1.54, 1.807) is 13.2 Å². The van der Waals surface area contributed by atoms with Crippen LogP contribution in [0.1, 0.15) is 10.5 Å². The molecule has 1 aromatic carbocycles. The second kappa shape index (κ2) is 7.95. The Kier molecular flexibility index (Phi) is 5.70. The molecule has 0 fully saturated rings. The summed E-state index contributed by atoms with van der Waals surface area (Å²) in [6.07, 6.45) is 0. The van der Waals surface area contributed by atoms with Crippen LogP contribution in [0.5, 0.6) is 5.75 Å². The zero-order valence-corrected chi connectivity index (χ0v) is 12.5. The molecule has 1 amide bonds. The van der Waals surface area contributed by atoms with Crippen molar-refractivity contribution in [3.05, 3.63) is 36.0 Å². The highest BCUT2D eigenvalue weighted by molar-refractivity contribution is 5.93. The molecule has 8 nitrogen and oxygen atoms in total. The largest absolute Gasteiger partial charge is 0.497 e. The Hall–Kier alpha value is -2.87. The molecule has 1 heterocycles. The van der Waals surface area contributed by atoms with Gasteiger partial charge in [0.05, 0.1) is 19.4 Å². The number of carbonyl (C=O) groups is 2. The van der Waals surface area contributed by atoms with Crippen LogP contribution in [-0.2, 0) is 9.53 Å². The number of ether oxygens (including phenoxy) is 2. The maximum absolute atomic E-state index is 11.9. The Balaban J connectivity index is 1.87. The number of H-pyrrole nitrogens is 1. The fraction of sp³-hybridized carbons (Fsp3) is 0.267. The maximum atomic E-state index is 11.9. The number of nitrogens with one attached hydrogen (secondary N) is 2. The molecule has 3 N–H and O–H groups in total. The van der Waals surface area contributed by atoms with Crippen LogP contribution in [0.15, 0.2) is 30.3 Å². The highest BCUT2D eigenvalue weighted by atomic mass is 16.5. The minimum atomic E-state index is -1.05. The van der Waals surface area contributed by atoms with Crippen molar-refractivity contribution in [2.45, 2.75) is 0 Å². The average Bonchev–Trinajstić information content (AvgIpc) is 3.04. The zero-order chi connectivity index (χ0) is 16.7. The van der Waals surface area contributed by atoms with Crippen molar-refractivity contribution in [1.29, 1.82) is 0 Å². The van der Waals surface area contributed by atoms with Gasteiger partial charge in [0, 0.05) is 12.1 Å². The first-order valence-electron chi connectivity index (χ1n) is 6.87. The lowest BCUT2D eigenvalue weighted by molar-refractivity contribution is -0.142. The molecular formula is C15H17N3O5. The lowest BCUT2D eigenvalue weighted by Crippen LogP contribution is -2.28. The van der Waals surface area contributed by atoms with Crippen LogP contribution in [0.2, 0.25) is 0 Å². The van der Waals surface area contributed by atoms with Gasteiger partial charge in [-0.2, -0.15) is 5.10 Å². The molecule has 8 heteroatoms. The number of methoxy groups -OCH3 is 1. The molecule has 0 radical (unpaired) electrons. The van der Waals surface area contributed by atoms with Crippen LogP contribution >= 0.6 is 0 Å². The van der Waals surface area contributed by atoms with Crippen LogP contribution < -0.4 is 10.1 Å². The van der Waals surface area contributed by atoms with Crippen molar-refractivity contribution < 1.29 is 24.2 Å². The first-order chi connectivity index (χ1) is 11.1. The van der Waals surface area contributed by atoms with E-state index in [9.17, 15) is 9.59 Å². The van der Waals surface area contributed by atoms with E-state index >= 15 is 0 Å². The van der Waals surface area contributed by atoms with E-state index in [0.717, 1.165) is 11.3 Å². The van der Waals surface area contributed by atoms with Crippen LogP contribution in [0.4, 0.5) is 0 Å². The Bertz CT molecular complexity index is 666. The fourth-order valence-corrected chi connectivity index (χ4v) is 1.84. The summed E-state index contributed by atoms with van der Waals surface area (Å²) in [6, 6.07) is 8.94. The summed E-state index contributed by atoms with van der Waals surface area (Å²) in [4.78, 5) is 22.2. The number of aliphatic carboxylic acids is 1. The van der Waals surface area contributed by atoms with Gasteiger partial charge in [0.15, 0.2) is 0 Å². The number of amides is 1. The van der Waals surface area contributed by atoms with E-state index in [1.165, 1.54) is 0 Å². The second-order valence-electron chi connectivity index (χ2n) is 4.60. The average molecular weight is 319 g/mol. The van der Waals surface area contributed by atoms with E-state index in [-0.39, 0.29) is 25.7 Å². The number of nitrogens with zero attached hydrogens (tertiary/aromatic N) is 1. The van der Waals surface area contributed by atoms with Crippen molar-refractivity contribution in [2.75, 3.05) is 26.9 Å². The molecule has 1 aromatic heterocycles. The maximum Gasteiger partial charge on any atom is 0.329 e. The molecular weight excluding hydrogens is 302 g/mol. The van der Waals surface area contributed by atoms with Gasteiger partial charge in [-0.05, 0) is 30.3 Å². The third-order valence-corrected chi connectivity index (χ3v) is 2.97. The van der Waals surface area contributed by atoms with Gasteiger partial charge in [0.25, 0.3) is 5.91 Å². The molecule has 0 aliphatic rings. The number of carbonyl (C=O) groups excluding carboxylic acids is 1. The van der Waals surface area contributed by atoms with Crippen molar-refractivity contribution >= 4 is 11.9 Å². The molecule has 122 valence electrons. The molecule has 0 bridgehead atoms. The quantitative estimate of drug-likeness (QED) is 0.623. The first kappa shape index (κ1) is 16.5. The minimum Gasteiger partial charge on any atom is -0.497 e. The van der Waals surface area contributed by atoms with Crippen molar-refractivity contribution in [3.63, 3.8) is 0 Å². The van der Waals surface area contributed by atoms with Crippen LogP contribution in [0.3, 0.4) is 0 Å². The predicted molar refractivity (Wildman–Crippen MR) is 81.4 cm³/mol. The highest BCUT2D eigenvalue weighted by Gasteiger charge is 2.10. The number of carboxylic acids is 1. The smallest absolute Gasteiger partial charge is 0.329 e. The standard InChI is InChI=1S/C15H17N3O5/c1-22-11-4-2-10(3-5-11)12-8-13(18-17-12)15(21)16-6-7-23-9-14(19)20/h2-5,8H,6-7,9H2,1H3,(H,16,21)(H,17,18)(H,19,20). The molecule has 0 atom stereocenters. The van der Waals surface area contributed by atoms with Gasteiger partial charge in [-0.3, -0.25) is 9.89 Å². The highest BCUT2D eigenvalue weighted by Crippen LogP contribution is 2.20. The SMILES string of the molecule is COc1ccc(-c2cc(C(=O)NCCOCC(=O)O)[nH]n2)cc1. The molecule has 0 saturated heterocycles. The normalized spacial score (nSPS) is 10.3. The molecule has 2 aromatic rings. The topological polar surface area (TPSA) is 114 Å². The zero-order valence-electron chi connectivity index (χ0n) is 12.5. The summed E-state index contributed by atoms with van der Waals surface area (Å²) in [5.41, 5.74) is 1.81. The summed E-state index contributed by atoms with van der Waals surface area (Å²) in [6.45, 7) is -0.0535. The summed E-state index contributed by atoms with van der Waals surface area (Å²) in [7, 11) is 1.59. The monoisotopic (exact) mass is 319 g/mol. The number of hydrogen-bond acceptors (Lipinski definition) is 5. The predicted octanol–water partition coefficient (Wildman–Crippen LogP) is 0.916. The number of benzene rings is 1. The summed E-state index contributed by atoms with van der Waals surface area (Å²) in [5, 5.41) is 17.8. The first-order valence-corrected chi connectivity index (χ1v) is 6.87. The molecule has 23 heavy (non-hydrogen) atoms. The van der Waals surface area contributed by atoms with E-state index in [4.69, 9.17) is 14.6 Å². The molecule has 0 saturated carbocycles. The van der Waals surface area contributed by atoms with E-state index in [2.05, 4.69) is 15.5 Å². The molecule has 0 unspecified atom stereocenters. The van der Waals surface area contributed by atoms with E-state index < -0.39 is 5.97 Å². The van der Waals surface area contributed by atoms with Crippen molar-refractivity contribution in [2.24, 2.45) is 0 Å². The molecule has 0 aliphatic carbocycles. The Labute approximate surface area is 132 Å². The van der Waals surface area contributed by atoms with Crippen molar-refractivity contribution in [3.8, 4) is 17.0 Å². The fourth-order valence-electron chi connectivity index (χ4n) is 1.84. The van der Waals surface area contributed by atoms with Crippen molar-refractivity contribution in [1.82, 2.24) is 15.5 Å². The van der Waals surface area contributed by atoms with Gasteiger partial charge in [0.2, 0.25) is 0 Å². The number of aromatic amines is 1. The van der Waals surface area contributed by atoms with E-state index in [0.29, 0.717) is 11.4 Å². The Morgan fingerprint density at radius 3 is 2.70 bits per heavy atom.